The second kappa shape index (κ2) is 7.87. The topological polar surface area (TPSA) is 64.3 Å². The summed E-state index contributed by atoms with van der Waals surface area (Å²) < 4.78 is 4.68. The summed E-state index contributed by atoms with van der Waals surface area (Å²) >= 11 is 1.85. The van der Waals surface area contributed by atoms with Gasteiger partial charge in [0.15, 0.2) is 0 Å². The van der Waals surface area contributed by atoms with Gasteiger partial charge in [-0.3, -0.25) is 0 Å². The molecule has 5 heteroatoms. The first-order chi connectivity index (χ1) is 8.70. The first-order valence-corrected chi connectivity index (χ1v) is 7.29. The van der Waals surface area contributed by atoms with Crippen LogP contribution in [0.25, 0.3) is 0 Å². The lowest BCUT2D eigenvalue weighted by Gasteiger charge is -2.11. The van der Waals surface area contributed by atoms with E-state index in [1.807, 2.05) is 17.8 Å². The Bertz CT molecular complexity index is 397. The molecule has 0 aliphatic rings. The maximum atomic E-state index is 11.5. The molecule has 0 aromatic heterocycles. The zero-order chi connectivity index (χ0) is 13.4. The van der Waals surface area contributed by atoms with Crippen LogP contribution in [-0.2, 0) is 4.74 Å². The molecule has 0 bridgehead atoms. The lowest BCUT2D eigenvalue weighted by Crippen LogP contribution is -2.10. The molecule has 0 saturated heterocycles. The third kappa shape index (κ3) is 4.14. The summed E-state index contributed by atoms with van der Waals surface area (Å²) in [5, 5.41) is 3.25. The molecule has 0 aliphatic carbocycles. The number of nitrogens with two attached hydrogens (primary N) is 1. The fraction of sp³-hybridized carbons (Fsp3) is 0.462. The number of nitrogen functional groups attached to an aromatic ring is 1. The van der Waals surface area contributed by atoms with E-state index in [9.17, 15) is 4.79 Å². The van der Waals surface area contributed by atoms with Gasteiger partial charge in [0.1, 0.15) is 0 Å². The highest BCUT2D eigenvalue weighted by Crippen LogP contribution is 2.23. The fourth-order valence-corrected chi connectivity index (χ4v) is 2.09. The molecule has 100 valence electrons. The van der Waals surface area contributed by atoms with Crippen molar-refractivity contribution in [1.29, 1.82) is 0 Å². The highest BCUT2D eigenvalue weighted by atomic mass is 32.2. The summed E-state index contributed by atoms with van der Waals surface area (Å²) in [6.07, 6.45) is 4.36. The van der Waals surface area contributed by atoms with Crippen LogP contribution < -0.4 is 11.1 Å². The zero-order valence-corrected chi connectivity index (χ0v) is 11.7. The van der Waals surface area contributed by atoms with Crippen LogP contribution in [0.3, 0.4) is 0 Å². The van der Waals surface area contributed by atoms with Gasteiger partial charge in [-0.05, 0) is 37.0 Å². The van der Waals surface area contributed by atoms with Gasteiger partial charge < -0.3 is 15.8 Å². The van der Waals surface area contributed by atoms with Crippen LogP contribution in [0.5, 0.6) is 0 Å². The number of ether oxygens (including phenoxy) is 1. The molecular formula is C13H20N2O2S. The van der Waals surface area contributed by atoms with E-state index in [2.05, 4.69) is 16.3 Å². The highest BCUT2D eigenvalue weighted by Gasteiger charge is 2.12. The van der Waals surface area contributed by atoms with E-state index in [-0.39, 0.29) is 0 Å². The average Bonchev–Trinajstić information content (AvgIpc) is 2.39. The van der Waals surface area contributed by atoms with Gasteiger partial charge >= 0.3 is 5.97 Å². The quantitative estimate of drug-likeness (QED) is 0.452. The van der Waals surface area contributed by atoms with Crippen LogP contribution in [0.4, 0.5) is 11.4 Å². The molecule has 0 radical (unpaired) electrons. The normalized spacial score (nSPS) is 10.1. The highest BCUT2D eigenvalue weighted by molar-refractivity contribution is 7.98. The molecule has 3 N–H and O–H groups in total. The number of hydrogen-bond acceptors (Lipinski definition) is 5. The van der Waals surface area contributed by atoms with Crippen LogP contribution in [0, 0.1) is 0 Å². The molecule has 1 aromatic rings. The Morgan fingerprint density at radius 1 is 1.44 bits per heavy atom. The Morgan fingerprint density at radius 3 is 2.89 bits per heavy atom. The number of methoxy groups -OCH3 is 1. The van der Waals surface area contributed by atoms with Gasteiger partial charge in [0, 0.05) is 6.54 Å². The van der Waals surface area contributed by atoms with Gasteiger partial charge in [0.05, 0.1) is 24.0 Å². The SMILES string of the molecule is COC(=O)c1cccc(NCCCCSC)c1N. The van der Waals surface area contributed by atoms with Crippen molar-refractivity contribution < 1.29 is 9.53 Å². The largest absolute Gasteiger partial charge is 0.465 e. The van der Waals surface area contributed by atoms with Crippen molar-refractivity contribution in [2.24, 2.45) is 0 Å². The third-order valence-corrected chi connectivity index (χ3v) is 3.30. The summed E-state index contributed by atoms with van der Waals surface area (Å²) in [5.41, 5.74) is 7.59. The maximum absolute atomic E-state index is 11.5. The number of anilines is 2. The van der Waals surface area contributed by atoms with E-state index in [0.717, 1.165) is 18.7 Å². The van der Waals surface area contributed by atoms with Crippen molar-refractivity contribution in [3.05, 3.63) is 23.8 Å². The lowest BCUT2D eigenvalue weighted by atomic mass is 10.1. The first kappa shape index (κ1) is 14.7. The number of nitrogens with one attached hydrogen (secondary N) is 1. The molecule has 0 fully saturated rings. The molecule has 0 amide bonds. The van der Waals surface area contributed by atoms with E-state index in [1.54, 1.807) is 12.1 Å². The lowest BCUT2D eigenvalue weighted by molar-refractivity contribution is 0.0602. The summed E-state index contributed by atoms with van der Waals surface area (Å²) in [4.78, 5) is 11.5. The van der Waals surface area contributed by atoms with Gasteiger partial charge in [0.25, 0.3) is 0 Å². The minimum Gasteiger partial charge on any atom is -0.465 e. The van der Waals surface area contributed by atoms with Crippen LogP contribution in [-0.4, -0.2) is 31.6 Å². The number of thioether (sulfide) groups is 1. The van der Waals surface area contributed by atoms with Crippen molar-refractivity contribution in [3.63, 3.8) is 0 Å². The minimum atomic E-state index is -0.404. The number of hydrogen-bond donors (Lipinski definition) is 2. The first-order valence-electron chi connectivity index (χ1n) is 5.90. The molecule has 4 nitrogen and oxygen atoms in total. The van der Waals surface area contributed by atoms with Crippen LogP contribution in [0.15, 0.2) is 18.2 Å². The zero-order valence-electron chi connectivity index (χ0n) is 10.9. The van der Waals surface area contributed by atoms with Crippen molar-refractivity contribution >= 4 is 29.1 Å². The van der Waals surface area contributed by atoms with Crippen molar-refractivity contribution in [3.8, 4) is 0 Å². The molecule has 0 saturated carbocycles. The predicted molar refractivity (Wildman–Crippen MR) is 78.3 cm³/mol. The number of para-hydroxylation sites is 1. The molecule has 0 atom stereocenters. The number of esters is 1. The Kier molecular flexibility index (Phi) is 6.43. The summed E-state index contributed by atoms with van der Waals surface area (Å²) in [6.45, 7) is 0.857. The number of carbonyl (C=O) groups is 1. The Labute approximate surface area is 112 Å². The van der Waals surface area contributed by atoms with E-state index < -0.39 is 5.97 Å². The summed E-state index contributed by atoms with van der Waals surface area (Å²) in [6, 6.07) is 5.34. The van der Waals surface area contributed by atoms with Crippen molar-refractivity contribution in [2.45, 2.75) is 12.8 Å². The van der Waals surface area contributed by atoms with E-state index in [0.29, 0.717) is 11.3 Å². The predicted octanol–water partition coefficient (Wildman–Crippen LogP) is 2.61. The second-order valence-electron chi connectivity index (χ2n) is 3.89. The van der Waals surface area contributed by atoms with Gasteiger partial charge in [-0.2, -0.15) is 11.8 Å². The standard InChI is InChI=1S/C13H20N2O2S/c1-17-13(16)10-6-5-7-11(12(10)14)15-8-3-4-9-18-2/h5-7,15H,3-4,8-9,14H2,1-2H3. The Morgan fingerprint density at radius 2 is 2.22 bits per heavy atom. The molecule has 1 rings (SSSR count). The van der Waals surface area contributed by atoms with Crippen LogP contribution in [0.2, 0.25) is 0 Å². The van der Waals surface area contributed by atoms with Crippen LogP contribution >= 0.6 is 11.8 Å². The van der Waals surface area contributed by atoms with E-state index in [1.165, 1.54) is 19.3 Å². The number of benzene rings is 1. The third-order valence-electron chi connectivity index (χ3n) is 2.60. The number of rotatable bonds is 7. The summed E-state index contributed by atoms with van der Waals surface area (Å²) in [5.74, 6) is 0.762. The number of unbranched alkanes of at least 4 members (excludes halogenated alkanes) is 1. The van der Waals surface area contributed by atoms with E-state index >= 15 is 0 Å². The van der Waals surface area contributed by atoms with Crippen molar-refractivity contribution in [2.75, 3.05) is 36.7 Å². The van der Waals surface area contributed by atoms with Gasteiger partial charge in [-0.25, -0.2) is 4.79 Å². The molecule has 1 aromatic carbocycles. The average molecular weight is 268 g/mol. The van der Waals surface area contributed by atoms with E-state index in [4.69, 9.17) is 5.73 Å². The molecule has 0 aliphatic heterocycles. The monoisotopic (exact) mass is 268 g/mol. The molecule has 0 spiro atoms. The summed E-state index contributed by atoms with van der Waals surface area (Å²) in [7, 11) is 1.35. The van der Waals surface area contributed by atoms with Crippen molar-refractivity contribution in [1.82, 2.24) is 0 Å². The molecule has 0 heterocycles. The second-order valence-corrected chi connectivity index (χ2v) is 4.87. The van der Waals surface area contributed by atoms with Gasteiger partial charge in [-0.1, -0.05) is 6.07 Å². The Hall–Kier alpha value is -1.36. The molecule has 0 unspecified atom stereocenters. The molecule has 18 heavy (non-hydrogen) atoms. The van der Waals surface area contributed by atoms with Crippen LogP contribution in [0.1, 0.15) is 23.2 Å². The van der Waals surface area contributed by atoms with Gasteiger partial charge in [-0.15, -0.1) is 0 Å². The Balaban J connectivity index is 2.58. The molecular weight excluding hydrogens is 248 g/mol. The smallest absolute Gasteiger partial charge is 0.340 e. The maximum Gasteiger partial charge on any atom is 0.340 e. The number of carbonyl (C=O) groups excluding carboxylic acids is 1. The minimum absolute atomic E-state index is 0.404. The fourth-order valence-electron chi connectivity index (χ4n) is 1.60. The van der Waals surface area contributed by atoms with Gasteiger partial charge in [0.2, 0.25) is 0 Å².